The molecule has 2 N–H and O–H groups in total. The number of amides is 3. The Morgan fingerprint density at radius 2 is 1.82 bits per heavy atom. The predicted molar refractivity (Wildman–Crippen MR) is 198 cm³/mol. The molecule has 274 valence electrons. The molecule has 5 rings (SSSR count). The molecule has 3 aliphatic heterocycles. The number of aliphatic hydroxyl groups excluding tert-OH is 1. The van der Waals surface area contributed by atoms with Crippen molar-refractivity contribution in [3.8, 4) is 0 Å². The number of nitrogens with one attached hydrogen (secondary N) is 1. The molecule has 1 spiro atoms. The summed E-state index contributed by atoms with van der Waals surface area (Å²) >= 11 is 3.75. The summed E-state index contributed by atoms with van der Waals surface area (Å²) < 4.78 is 13.0. The van der Waals surface area contributed by atoms with E-state index in [-0.39, 0.29) is 36.2 Å². The lowest BCUT2D eigenvalue weighted by atomic mass is 9.70. The number of rotatable bonds is 18. The molecular formula is C40H50BrN3O7. The van der Waals surface area contributed by atoms with E-state index in [1.165, 1.54) is 4.90 Å². The number of ether oxygens (including phenoxy) is 2. The molecule has 10 nitrogen and oxygen atoms in total. The highest BCUT2D eigenvalue weighted by molar-refractivity contribution is 9.09. The molecule has 0 aliphatic carbocycles. The van der Waals surface area contributed by atoms with E-state index in [1.807, 2.05) is 67.6 Å². The van der Waals surface area contributed by atoms with Gasteiger partial charge in [-0.15, -0.1) is 13.2 Å². The van der Waals surface area contributed by atoms with Gasteiger partial charge in [-0.05, 0) is 43.7 Å². The first-order valence-electron chi connectivity index (χ1n) is 18.0. The van der Waals surface area contributed by atoms with Crippen LogP contribution in [0.5, 0.6) is 0 Å². The number of esters is 1. The van der Waals surface area contributed by atoms with Crippen LogP contribution in [-0.4, -0.2) is 93.0 Å². The van der Waals surface area contributed by atoms with Crippen molar-refractivity contribution >= 4 is 39.6 Å². The maximum Gasteiger partial charge on any atom is 0.313 e. The van der Waals surface area contributed by atoms with Crippen LogP contribution in [0.15, 0.2) is 86.0 Å². The topological polar surface area (TPSA) is 125 Å². The fourth-order valence-electron chi connectivity index (χ4n) is 8.06. The minimum atomic E-state index is -1.33. The zero-order valence-electron chi connectivity index (χ0n) is 29.5. The molecule has 0 saturated carbocycles. The van der Waals surface area contributed by atoms with Crippen LogP contribution < -0.4 is 5.32 Å². The summed E-state index contributed by atoms with van der Waals surface area (Å²) in [7, 11) is 0. The lowest BCUT2D eigenvalue weighted by molar-refractivity contribution is -0.162. The van der Waals surface area contributed by atoms with E-state index in [1.54, 1.807) is 24.0 Å². The average molecular weight is 765 g/mol. The first-order valence-corrected chi connectivity index (χ1v) is 18.9. The van der Waals surface area contributed by atoms with Crippen molar-refractivity contribution in [2.75, 3.05) is 19.7 Å². The number of hydrogen-bond donors (Lipinski definition) is 2. The van der Waals surface area contributed by atoms with Crippen LogP contribution in [0.25, 0.3) is 0 Å². The van der Waals surface area contributed by atoms with Crippen LogP contribution in [-0.2, 0) is 35.1 Å². The number of nitrogens with zero attached hydrogens (tertiary/aromatic N) is 2. The molecule has 2 aromatic rings. The van der Waals surface area contributed by atoms with Crippen LogP contribution in [0.3, 0.4) is 0 Å². The number of hydrogen-bond acceptors (Lipinski definition) is 7. The van der Waals surface area contributed by atoms with Gasteiger partial charge in [0.05, 0.1) is 36.6 Å². The predicted octanol–water partition coefficient (Wildman–Crippen LogP) is 4.91. The quantitative estimate of drug-likeness (QED) is 0.126. The third-order valence-electron chi connectivity index (χ3n) is 10.4. The summed E-state index contributed by atoms with van der Waals surface area (Å²) in [6, 6.07) is 16.3. The van der Waals surface area contributed by atoms with Crippen molar-refractivity contribution in [3.63, 3.8) is 0 Å². The van der Waals surface area contributed by atoms with Gasteiger partial charge in [-0.3, -0.25) is 19.2 Å². The van der Waals surface area contributed by atoms with E-state index in [0.29, 0.717) is 31.4 Å². The molecule has 3 heterocycles. The molecule has 0 radical (unpaired) electrons. The maximum atomic E-state index is 14.9. The minimum absolute atomic E-state index is 0.203. The van der Waals surface area contributed by atoms with Crippen molar-refractivity contribution in [2.24, 2.45) is 11.8 Å². The van der Waals surface area contributed by atoms with E-state index in [2.05, 4.69) is 34.4 Å². The molecule has 3 aliphatic rings. The lowest BCUT2D eigenvalue weighted by Gasteiger charge is -2.39. The van der Waals surface area contributed by atoms with Crippen molar-refractivity contribution < 1.29 is 33.8 Å². The second-order valence-corrected chi connectivity index (χ2v) is 15.0. The molecule has 9 atom stereocenters. The van der Waals surface area contributed by atoms with Crippen LogP contribution in [0, 0.1) is 11.8 Å². The molecule has 0 aromatic heterocycles. The van der Waals surface area contributed by atoms with Crippen molar-refractivity contribution in [3.05, 3.63) is 97.1 Å². The number of unbranched alkanes of at least 4 members (excludes halogenated alkanes) is 1. The monoisotopic (exact) mass is 763 g/mol. The summed E-state index contributed by atoms with van der Waals surface area (Å²) in [5.41, 5.74) is 0.246. The van der Waals surface area contributed by atoms with E-state index in [4.69, 9.17) is 9.47 Å². The van der Waals surface area contributed by atoms with Gasteiger partial charge in [0.15, 0.2) is 0 Å². The largest absolute Gasteiger partial charge is 0.455 e. The van der Waals surface area contributed by atoms with Gasteiger partial charge < -0.3 is 29.7 Å². The van der Waals surface area contributed by atoms with Gasteiger partial charge in [0.2, 0.25) is 17.7 Å². The second-order valence-electron chi connectivity index (χ2n) is 13.8. The number of carbonyl (C=O) groups excluding carboxylic acids is 4. The Kier molecular flexibility index (Phi) is 12.9. The Morgan fingerprint density at radius 1 is 1.14 bits per heavy atom. The van der Waals surface area contributed by atoms with Crippen molar-refractivity contribution in [2.45, 2.75) is 93.1 Å². The number of halogens is 1. The van der Waals surface area contributed by atoms with Crippen molar-refractivity contribution in [1.82, 2.24) is 15.1 Å². The normalized spacial score (nSPS) is 26.5. The molecule has 51 heavy (non-hydrogen) atoms. The fourth-order valence-corrected chi connectivity index (χ4v) is 9.00. The maximum absolute atomic E-state index is 14.9. The number of fused-ring (bicyclic) bond motifs is 1. The number of carbonyl (C=O) groups is 4. The average Bonchev–Trinajstić information content (AvgIpc) is 3.73. The molecule has 3 fully saturated rings. The summed E-state index contributed by atoms with van der Waals surface area (Å²) in [6.45, 7) is 11.7. The molecule has 11 heteroatoms. The van der Waals surface area contributed by atoms with Crippen LogP contribution in [0.4, 0.5) is 0 Å². The Balaban J connectivity index is 1.53. The van der Waals surface area contributed by atoms with E-state index >= 15 is 0 Å². The Hall–Kier alpha value is -3.80. The molecule has 3 amide bonds. The van der Waals surface area contributed by atoms with Gasteiger partial charge in [-0.25, -0.2) is 0 Å². The van der Waals surface area contributed by atoms with Gasteiger partial charge in [-0.1, -0.05) is 102 Å². The summed E-state index contributed by atoms with van der Waals surface area (Å²) in [6.07, 6.45) is 4.74. The molecule has 3 saturated heterocycles. The highest BCUT2D eigenvalue weighted by Gasteiger charge is 2.77. The third-order valence-corrected chi connectivity index (χ3v) is 11.2. The van der Waals surface area contributed by atoms with Gasteiger partial charge >= 0.3 is 5.97 Å². The highest BCUT2D eigenvalue weighted by atomic mass is 79.9. The SMILES string of the molecule is C=CCCC(=O)N[C@@H](C)[C@H](OC(=O)[C@H]1[C@@H]2O[C@@]3(CC2Br)[C@@H]1C(=O)N([C@@H](CO)Cc1ccccc1)[C@@H]3C(=O)N(CC=C)CCCC)c1ccccc1. The molecule has 2 bridgehead atoms. The number of allylic oxidation sites excluding steroid dienone is 1. The molecular weight excluding hydrogens is 714 g/mol. The van der Waals surface area contributed by atoms with Crippen LogP contribution in [0.1, 0.15) is 63.2 Å². The first-order chi connectivity index (χ1) is 24.6. The zero-order chi connectivity index (χ0) is 36.7. The number of benzene rings is 2. The Labute approximate surface area is 309 Å². The van der Waals surface area contributed by atoms with Crippen LogP contribution in [0.2, 0.25) is 0 Å². The zero-order valence-corrected chi connectivity index (χ0v) is 31.1. The minimum Gasteiger partial charge on any atom is -0.455 e. The van der Waals surface area contributed by atoms with Gasteiger partial charge in [-0.2, -0.15) is 0 Å². The van der Waals surface area contributed by atoms with E-state index in [9.17, 15) is 24.3 Å². The van der Waals surface area contributed by atoms with Gasteiger partial charge in [0, 0.05) is 24.3 Å². The van der Waals surface area contributed by atoms with E-state index in [0.717, 1.165) is 18.4 Å². The van der Waals surface area contributed by atoms with Crippen molar-refractivity contribution in [1.29, 1.82) is 0 Å². The van der Waals surface area contributed by atoms with Gasteiger partial charge in [0.25, 0.3) is 0 Å². The highest BCUT2D eigenvalue weighted by Crippen LogP contribution is 2.61. The fraction of sp³-hybridized carbons (Fsp3) is 0.500. The number of alkyl halides is 1. The number of aliphatic hydroxyl groups is 1. The first kappa shape index (κ1) is 38.4. The molecule has 1 unspecified atom stereocenters. The summed E-state index contributed by atoms with van der Waals surface area (Å²) in [5.74, 6) is -3.61. The Bertz CT molecular complexity index is 1560. The third kappa shape index (κ3) is 7.85. The molecule has 2 aromatic carbocycles. The lowest BCUT2D eigenvalue weighted by Crippen LogP contribution is -2.59. The second kappa shape index (κ2) is 17.1. The van der Waals surface area contributed by atoms with Crippen LogP contribution >= 0.6 is 15.9 Å². The Morgan fingerprint density at radius 3 is 2.45 bits per heavy atom. The number of likely N-dealkylation sites (tertiary alicyclic amines) is 1. The van der Waals surface area contributed by atoms with E-state index < -0.39 is 59.6 Å². The standard InChI is InChI=1S/C40H50BrN3O7/c1-5-8-20-31(46)42-26(4)34(28-18-14-11-15-19-28)50-39(49)32-33-37(47)44(29(25-45)23-27-16-12-10-13-17-27)36(40(33)24-30(41)35(32)51-40)38(48)43(21-7-3)22-9-6-2/h5,7,10-19,26,29-30,32-36,45H,1,3,6,8-9,20-25H2,2,4H3,(H,42,46)/t26-,29+,30?,32+,33-,34-,35+,36+,40-/m0/s1. The smallest absolute Gasteiger partial charge is 0.313 e. The summed E-state index contributed by atoms with van der Waals surface area (Å²) in [4.78, 5) is 59.7. The summed E-state index contributed by atoms with van der Waals surface area (Å²) in [5, 5.41) is 13.8. The van der Waals surface area contributed by atoms with Gasteiger partial charge in [0.1, 0.15) is 17.7 Å².